The second kappa shape index (κ2) is 5.05. The molecule has 1 aliphatic rings. The molecule has 0 radical (unpaired) electrons. The third-order valence-electron chi connectivity index (χ3n) is 4.69. The second-order valence-electron chi connectivity index (χ2n) is 5.83. The highest BCUT2D eigenvalue weighted by molar-refractivity contribution is 5.90. The lowest BCUT2D eigenvalue weighted by Crippen LogP contribution is -2.21. The van der Waals surface area contributed by atoms with Crippen molar-refractivity contribution in [3.8, 4) is 0 Å². The van der Waals surface area contributed by atoms with Crippen LogP contribution in [0.1, 0.15) is 24.6 Å². The maximum atomic E-state index is 6.02. The van der Waals surface area contributed by atoms with E-state index in [4.69, 9.17) is 5.73 Å². The van der Waals surface area contributed by atoms with Crippen molar-refractivity contribution < 1.29 is 0 Å². The molecule has 1 aliphatic heterocycles. The van der Waals surface area contributed by atoms with Crippen molar-refractivity contribution in [1.82, 2.24) is 19.4 Å². The van der Waals surface area contributed by atoms with Gasteiger partial charge in [0.15, 0.2) is 0 Å². The molecule has 3 heterocycles. The Morgan fingerprint density at radius 3 is 2.85 bits per heavy atom. The minimum atomic E-state index is 0.593. The summed E-state index contributed by atoms with van der Waals surface area (Å²) >= 11 is 0. The molecule has 0 aromatic carbocycles. The number of hydrogen-bond donors (Lipinski definition) is 1. The molecule has 1 saturated heterocycles. The average Bonchev–Trinajstić information content (AvgIpc) is 2.99. The van der Waals surface area contributed by atoms with Gasteiger partial charge < -0.3 is 15.2 Å². The summed E-state index contributed by atoms with van der Waals surface area (Å²) in [6, 6.07) is 0. The van der Waals surface area contributed by atoms with Crippen LogP contribution in [-0.4, -0.2) is 39.1 Å². The molecule has 108 valence electrons. The lowest BCUT2D eigenvalue weighted by atomic mass is 10.1. The summed E-state index contributed by atoms with van der Waals surface area (Å²) in [6.45, 7) is 11.1. The summed E-state index contributed by atoms with van der Waals surface area (Å²) in [4.78, 5) is 11.1. The second-order valence-corrected chi connectivity index (χ2v) is 5.83. The molecule has 2 aromatic rings. The van der Waals surface area contributed by atoms with Gasteiger partial charge >= 0.3 is 0 Å². The zero-order valence-corrected chi connectivity index (χ0v) is 12.6. The Bertz CT molecular complexity index is 631. The summed E-state index contributed by atoms with van der Waals surface area (Å²) in [6.07, 6.45) is 2.84. The molecule has 1 unspecified atom stereocenters. The highest BCUT2D eigenvalue weighted by Crippen LogP contribution is 2.29. The number of fused-ring (bicyclic) bond motifs is 1. The molecule has 20 heavy (non-hydrogen) atoms. The van der Waals surface area contributed by atoms with E-state index in [0.717, 1.165) is 24.1 Å². The first-order valence-corrected chi connectivity index (χ1v) is 7.40. The number of hydrogen-bond acceptors (Lipinski definition) is 4. The fourth-order valence-electron chi connectivity index (χ4n) is 3.33. The molecule has 5 nitrogen and oxygen atoms in total. The van der Waals surface area contributed by atoms with E-state index in [1.165, 1.54) is 30.8 Å². The Morgan fingerprint density at radius 1 is 1.35 bits per heavy atom. The molecule has 0 saturated carbocycles. The highest BCUT2D eigenvalue weighted by Gasteiger charge is 2.24. The van der Waals surface area contributed by atoms with Gasteiger partial charge in [-0.05, 0) is 44.8 Å². The van der Waals surface area contributed by atoms with E-state index < -0.39 is 0 Å². The Hall–Kier alpha value is -1.62. The van der Waals surface area contributed by atoms with Gasteiger partial charge in [-0.15, -0.1) is 0 Å². The lowest BCUT2D eigenvalue weighted by molar-refractivity contribution is 0.333. The predicted molar refractivity (Wildman–Crippen MR) is 81.6 cm³/mol. The van der Waals surface area contributed by atoms with Gasteiger partial charge in [-0.1, -0.05) is 6.92 Å². The zero-order valence-electron chi connectivity index (χ0n) is 12.6. The van der Waals surface area contributed by atoms with Crippen molar-refractivity contribution in [3.63, 3.8) is 0 Å². The number of anilines is 1. The Morgan fingerprint density at radius 2 is 2.15 bits per heavy atom. The van der Waals surface area contributed by atoms with E-state index in [0.29, 0.717) is 11.7 Å². The van der Waals surface area contributed by atoms with Crippen LogP contribution in [0.4, 0.5) is 5.82 Å². The molecule has 2 aromatic heterocycles. The molecule has 0 spiro atoms. The number of aryl methyl sites for hydroxylation is 1. The fourth-order valence-corrected chi connectivity index (χ4v) is 3.33. The molecule has 1 atom stereocenters. The summed E-state index contributed by atoms with van der Waals surface area (Å²) in [5.74, 6) is 1.30. The minimum absolute atomic E-state index is 0.593. The van der Waals surface area contributed by atoms with Crippen LogP contribution in [0.2, 0.25) is 0 Å². The summed E-state index contributed by atoms with van der Waals surface area (Å²) < 4.78 is 2.33. The number of rotatable bonds is 3. The fraction of sp³-hybridized carbons (Fsp3) is 0.600. The first-order chi connectivity index (χ1) is 9.61. The van der Waals surface area contributed by atoms with Crippen LogP contribution in [0.5, 0.6) is 0 Å². The first-order valence-electron chi connectivity index (χ1n) is 7.40. The quantitative estimate of drug-likeness (QED) is 0.929. The van der Waals surface area contributed by atoms with Gasteiger partial charge in [-0.3, -0.25) is 0 Å². The van der Waals surface area contributed by atoms with Crippen molar-refractivity contribution in [2.75, 3.05) is 25.4 Å². The van der Waals surface area contributed by atoms with Crippen LogP contribution in [0.3, 0.4) is 0 Å². The highest BCUT2D eigenvalue weighted by atomic mass is 15.2. The van der Waals surface area contributed by atoms with E-state index in [9.17, 15) is 0 Å². The molecule has 0 bridgehead atoms. The van der Waals surface area contributed by atoms with Crippen molar-refractivity contribution >= 4 is 16.9 Å². The van der Waals surface area contributed by atoms with Crippen LogP contribution in [-0.2, 0) is 6.54 Å². The Balaban J connectivity index is 1.96. The van der Waals surface area contributed by atoms with Crippen molar-refractivity contribution in [2.24, 2.45) is 5.92 Å². The smallest absolute Gasteiger partial charge is 0.145 e. The van der Waals surface area contributed by atoms with E-state index >= 15 is 0 Å². The Labute approximate surface area is 119 Å². The number of nitrogens with two attached hydrogens (primary N) is 1. The predicted octanol–water partition coefficient (Wildman–Crippen LogP) is 1.97. The van der Waals surface area contributed by atoms with Gasteiger partial charge in [0.1, 0.15) is 17.8 Å². The summed E-state index contributed by atoms with van der Waals surface area (Å²) in [5.41, 5.74) is 9.48. The van der Waals surface area contributed by atoms with Crippen LogP contribution in [0.25, 0.3) is 11.0 Å². The SMILES string of the molecule is CCN1CCC(Cn2c(C)c(C)c3c(N)ncnc32)C1. The van der Waals surface area contributed by atoms with Gasteiger partial charge in [0.2, 0.25) is 0 Å². The van der Waals surface area contributed by atoms with Crippen molar-refractivity contribution in [2.45, 2.75) is 33.7 Å². The molecule has 5 heteroatoms. The van der Waals surface area contributed by atoms with Crippen LogP contribution in [0, 0.1) is 19.8 Å². The van der Waals surface area contributed by atoms with Gasteiger partial charge in [0, 0.05) is 18.8 Å². The topological polar surface area (TPSA) is 60.0 Å². The monoisotopic (exact) mass is 273 g/mol. The average molecular weight is 273 g/mol. The van der Waals surface area contributed by atoms with E-state index in [1.54, 1.807) is 6.33 Å². The zero-order chi connectivity index (χ0) is 14.3. The maximum absolute atomic E-state index is 6.02. The molecule has 1 fully saturated rings. The van der Waals surface area contributed by atoms with Gasteiger partial charge in [-0.25, -0.2) is 9.97 Å². The molecule has 0 aliphatic carbocycles. The van der Waals surface area contributed by atoms with Gasteiger partial charge in [-0.2, -0.15) is 0 Å². The normalized spacial score (nSPS) is 20.1. The number of likely N-dealkylation sites (tertiary alicyclic amines) is 1. The van der Waals surface area contributed by atoms with Crippen LogP contribution >= 0.6 is 0 Å². The summed E-state index contributed by atoms with van der Waals surface area (Å²) in [5, 5.41) is 1.02. The maximum Gasteiger partial charge on any atom is 0.145 e. The standard InChI is InChI=1S/C15H23N5/c1-4-19-6-5-12(7-19)8-20-11(3)10(2)13-14(16)17-9-18-15(13)20/h9,12H,4-8H2,1-3H3,(H2,16,17,18). The van der Waals surface area contributed by atoms with Crippen LogP contribution < -0.4 is 5.73 Å². The van der Waals surface area contributed by atoms with E-state index in [-0.39, 0.29) is 0 Å². The molecule has 2 N–H and O–H groups in total. The first kappa shape index (κ1) is 13.4. The van der Waals surface area contributed by atoms with Gasteiger partial charge in [0.05, 0.1) is 5.39 Å². The van der Waals surface area contributed by atoms with Crippen molar-refractivity contribution in [1.29, 1.82) is 0 Å². The molecule has 0 amide bonds. The molecule has 3 rings (SSSR count). The number of aromatic nitrogens is 3. The van der Waals surface area contributed by atoms with Crippen molar-refractivity contribution in [3.05, 3.63) is 17.6 Å². The van der Waals surface area contributed by atoms with E-state index in [2.05, 4.69) is 40.2 Å². The van der Waals surface area contributed by atoms with E-state index in [1.807, 2.05) is 0 Å². The molecular formula is C15H23N5. The lowest BCUT2D eigenvalue weighted by Gasteiger charge is -2.15. The summed E-state index contributed by atoms with van der Waals surface area (Å²) in [7, 11) is 0. The third kappa shape index (κ3) is 2.06. The number of nitrogen functional groups attached to an aromatic ring is 1. The van der Waals surface area contributed by atoms with Crippen LogP contribution in [0.15, 0.2) is 6.33 Å². The van der Waals surface area contributed by atoms with Gasteiger partial charge in [0.25, 0.3) is 0 Å². The number of nitrogens with zero attached hydrogens (tertiary/aromatic N) is 4. The minimum Gasteiger partial charge on any atom is -0.383 e. The third-order valence-corrected chi connectivity index (χ3v) is 4.69. The Kier molecular flexibility index (Phi) is 3.38. The largest absolute Gasteiger partial charge is 0.383 e. The molecular weight excluding hydrogens is 250 g/mol.